The van der Waals surface area contributed by atoms with Crippen molar-refractivity contribution in [1.82, 2.24) is 20.2 Å². The summed E-state index contributed by atoms with van der Waals surface area (Å²) in [5, 5.41) is 11.3. The fourth-order valence-electron chi connectivity index (χ4n) is 3.04. The maximum atomic E-state index is 12.2. The molecule has 0 fully saturated rings. The molecule has 0 spiro atoms. The van der Waals surface area contributed by atoms with Crippen LogP contribution in [0.3, 0.4) is 0 Å². The summed E-state index contributed by atoms with van der Waals surface area (Å²) in [4.78, 5) is 20.3. The Labute approximate surface area is 161 Å². The average molecular weight is 398 g/mol. The van der Waals surface area contributed by atoms with E-state index in [2.05, 4.69) is 20.2 Å². The highest BCUT2D eigenvalue weighted by Gasteiger charge is 2.16. The minimum absolute atomic E-state index is 0.110. The van der Waals surface area contributed by atoms with Gasteiger partial charge in [0.25, 0.3) is 10.8 Å². The van der Waals surface area contributed by atoms with Crippen LogP contribution in [0.1, 0.15) is 17.0 Å². The van der Waals surface area contributed by atoms with Crippen LogP contribution in [0.4, 0.5) is 0 Å². The highest BCUT2D eigenvalue weighted by atomic mass is 32.2. The molecule has 27 heavy (non-hydrogen) atoms. The van der Waals surface area contributed by atoms with Gasteiger partial charge in [-0.15, -0.1) is 21.5 Å². The highest BCUT2D eigenvalue weighted by Crippen LogP contribution is 2.31. The summed E-state index contributed by atoms with van der Waals surface area (Å²) in [7, 11) is 0. The first-order valence-electron chi connectivity index (χ1n) is 8.37. The van der Waals surface area contributed by atoms with Gasteiger partial charge in [-0.25, -0.2) is 4.98 Å². The van der Waals surface area contributed by atoms with Crippen LogP contribution < -0.4 is 10.3 Å². The summed E-state index contributed by atoms with van der Waals surface area (Å²) < 4.78 is 11.3. The number of hydrogen-bond donors (Lipinski definition) is 1. The molecule has 7 nitrogen and oxygen atoms in total. The van der Waals surface area contributed by atoms with Gasteiger partial charge in [0.2, 0.25) is 5.89 Å². The van der Waals surface area contributed by atoms with Gasteiger partial charge >= 0.3 is 0 Å². The van der Waals surface area contributed by atoms with Crippen molar-refractivity contribution in [3.8, 4) is 17.2 Å². The number of thiophene rings is 1. The highest BCUT2D eigenvalue weighted by molar-refractivity contribution is 7.98. The summed E-state index contributed by atoms with van der Waals surface area (Å²) in [6, 6.07) is 5.87. The number of fused-ring (bicyclic) bond motifs is 2. The lowest BCUT2D eigenvalue weighted by Gasteiger charge is -2.00. The molecular weight excluding hydrogens is 384 g/mol. The molecule has 0 radical (unpaired) electrons. The van der Waals surface area contributed by atoms with Crippen LogP contribution in [0.2, 0.25) is 0 Å². The van der Waals surface area contributed by atoms with Gasteiger partial charge in [-0.2, -0.15) is 0 Å². The van der Waals surface area contributed by atoms with Crippen LogP contribution in [0, 0.1) is 6.92 Å². The van der Waals surface area contributed by atoms with Crippen molar-refractivity contribution >= 4 is 33.3 Å². The molecule has 1 aliphatic heterocycles. The Morgan fingerprint density at radius 1 is 1.33 bits per heavy atom. The van der Waals surface area contributed by atoms with E-state index in [1.165, 1.54) is 23.1 Å². The Kier molecular flexibility index (Phi) is 3.98. The van der Waals surface area contributed by atoms with Crippen LogP contribution in [-0.4, -0.2) is 26.8 Å². The maximum absolute atomic E-state index is 12.2. The van der Waals surface area contributed by atoms with Crippen molar-refractivity contribution in [1.29, 1.82) is 0 Å². The molecule has 4 heterocycles. The lowest BCUT2D eigenvalue weighted by molar-refractivity contribution is 0.357. The van der Waals surface area contributed by atoms with E-state index in [0.717, 1.165) is 33.7 Å². The summed E-state index contributed by atoms with van der Waals surface area (Å²) in [6.45, 7) is 2.62. The molecule has 0 atom stereocenters. The zero-order valence-corrected chi connectivity index (χ0v) is 15.9. The topological polar surface area (TPSA) is 93.9 Å². The molecule has 0 unspecified atom stereocenters. The maximum Gasteiger partial charge on any atom is 0.277 e. The smallest absolute Gasteiger partial charge is 0.277 e. The first kappa shape index (κ1) is 16.5. The molecule has 3 aromatic heterocycles. The molecule has 1 aromatic carbocycles. The number of aromatic amines is 1. The predicted octanol–water partition coefficient (Wildman–Crippen LogP) is 3.57. The number of ether oxygens (including phenoxy) is 1. The standard InChI is InChI=1S/C18H14N4O3S2/c1-9-7-26-17-14(9)15(23)19-13(20-17)8-27-18-22-21-16(25-18)11-2-3-12-10(6-11)4-5-24-12/h2-3,6-7H,4-5,8H2,1H3,(H,19,20,23). The minimum atomic E-state index is -0.110. The number of H-pyrrole nitrogens is 1. The fourth-order valence-corrected chi connectivity index (χ4v) is 4.61. The molecule has 0 aliphatic carbocycles. The fraction of sp³-hybridized carbons (Fsp3) is 0.222. The molecular formula is C18H14N4O3S2. The molecule has 0 saturated carbocycles. The van der Waals surface area contributed by atoms with Crippen molar-refractivity contribution in [2.45, 2.75) is 24.3 Å². The molecule has 4 aromatic rings. The predicted molar refractivity (Wildman–Crippen MR) is 103 cm³/mol. The summed E-state index contributed by atoms with van der Waals surface area (Å²) in [6.07, 6.45) is 0.891. The van der Waals surface area contributed by atoms with Gasteiger partial charge in [0.1, 0.15) is 16.4 Å². The Balaban J connectivity index is 1.35. The number of hydrogen-bond acceptors (Lipinski definition) is 8. The summed E-state index contributed by atoms with van der Waals surface area (Å²) >= 11 is 2.82. The third-order valence-electron chi connectivity index (χ3n) is 4.35. The van der Waals surface area contributed by atoms with E-state index in [1.54, 1.807) is 0 Å². The lowest BCUT2D eigenvalue weighted by Crippen LogP contribution is -2.10. The van der Waals surface area contributed by atoms with Gasteiger partial charge < -0.3 is 14.1 Å². The molecule has 1 N–H and O–H groups in total. The van der Waals surface area contributed by atoms with Crippen LogP contribution in [0.5, 0.6) is 5.75 Å². The van der Waals surface area contributed by atoms with Gasteiger partial charge in [-0.05, 0) is 41.6 Å². The first-order chi connectivity index (χ1) is 13.2. The number of aryl methyl sites for hydroxylation is 1. The normalized spacial score (nSPS) is 13.1. The number of nitrogens with one attached hydrogen (secondary N) is 1. The van der Waals surface area contributed by atoms with Gasteiger partial charge in [-0.3, -0.25) is 4.79 Å². The van der Waals surface area contributed by atoms with Crippen LogP contribution >= 0.6 is 23.1 Å². The van der Waals surface area contributed by atoms with E-state index in [0.29, 0.717) is 34.7 Å². The number of rotatable bonds is 4. The van der Waals surface area contributed by atoms with Gasteiger partial charge in [0, 0.05) is 12.0 Å². The Bertz CT molecular complexity index is 1210. The van der Waals surface area contributed by atoms with Gasteiger partial charge in [0.15, 0.2) is 0 Å². The van der Waals surface area contributed by atoms with Gasteiger partial charge in [0.05, 0.1) is 17.7 Å². The molecule has 0 saturated heterocycles. The average Bonchev–Trinajstić information content (AvgIpc) is 3.39. The quantitative estimate of drug-likeness (QED) is 0.525. The van der Waals surface area contributed by atoms with Crippen molar-refractivity contribution in [2.75, 3.05) is 6.61 Å². The van der Waals surface area contributed by atoms with E-state index in [4.69, 9.17) is 9.15 Å². The SMILES string of the molecule is Cc1csc2nc(CSc3nnc(-c4ccc5c(c4)CCO5)o3)[nH]c(=O)c12. The van der Waals surface area contributed by atoms with Crippen molar-refractivity contribution in [3.63, 3.8) is 0 Å². The van der Waals surface area contributed by atoms with Crippen molar-refractivity contribution in [2.24, 2.45) is 0 Å². The van der Waals surface area contributed by atoms with Crippen molar-refractivity contribution in [3.05, 3.63) is 50.9 Å². The van der Waals surface area contributed by atoms with Crippen LogP contribution in [0.25, 0.3) is 21.7 Å². The molecule has 136 valence electrons. The molecule has 0 amide bonds. The van der Waals surface area contributed by atoms with Crippen LogP contribution in [0.15, 0.2) is 38.0 Å². The summed E-state index contributed by atoms with van der Waals surface area (Å²) in [5.74, 6) is 2.43. The third-order valence-corrected chi connectivity index (χ3v) is 6.17. The second kappa shape index (κ2) is 6.50. The lowest BCUT2D eigenvalue weighted by atomic mass is 10.1. The van der Waals surface area contributed by atoms with Crippen LogP contribution in [-0.2, 0) is 12.2 Å². The number of benzene rings is 1. The van der Waals surface area contributed by atoms with E-state index in [-0.39, 0.29) is 5.56 Å². The molecule has 1 aliphatic rings. The number of thioether (sulfide) groups is 1. The van der Waals surface area contributed by atoms with E-state index in [1.807, 2.05) is 30.5 Å². The zero-order chi connectivity index (χ0) is 18.4. The number of aromatic nitrogens is 4. The zero-order valence-electron chi connectivity index (χ0n) is 14.3. The second-order valence-electron chi connectivity index (χ2n) is 6.19. The Morgan fingerprint density at radius 2 is 2.26 bits per heavy atom. The molecule has 5 rings (SSSR count). The molecule has 0 bridgehead atoms. The number of nitrogens with zero attached hydrogens (tertiary/aromatic N) is 3. The second-order valence-corrected chi connectivity index (χ2v) is 7.98. The Morgan fingerprint density at radius 3 is 3.19 bits per heavy atom. The summed E-state index contributed by atoms with van der Waals surface area (Å²) in [5.41, 5.74) is 2.87. The monoisotopic (exact) mass is 398 g/mol. The van der Waals surface area contributed by atoms with E-state index >= 15 is 0 Å². The first-order valence-corrected chi connectivity index (χ1v) is 10.2. The third kappa shape index (κ3) is 3.02. The minimum Gasteiger partial charge on any atom is -0.493 e. The Hall–Kier alpha value is -2.65. The van der Waals surface area contributed by atoms with E-state index in [9.17, 15) is 4.79 Å². The largest absolute Gasteiger partial charge is 0.493 e. The van der Waals surface area contributed by atoms with E-state index < -0.39 is 0 Å². The van der Waals surface area contributed by atoms with Gasteiger partial charge in [-0.1, -0.05) is 11.8 Å². The molecule has 9 heteroatoms. The van der Waals surface area contributed by atoms with Crippen molar-refractivity contribution < 1.29 is 9.15 Å².